The molecule has 8 heteroatoms. The Morgan fingerprint density at radius 2 is 1.66 bits per heavy atom. The summed E-state index contributed by atoms with van der Waals surface area (Å²) < 4.78 is 38.9. The first-order valence-corrected chi connectivity index (χ1v) is 11.7. The van der Waals surface area contributed by atoms with Crippen LogP contribution in [0.3, 0.4) is 0 Å². The molecule has 3 aromatic rings. The van der Waals surface area contributed by atoms with Crippen LogP contribution in [0.5, 0.6) is 11.5 Å². The third-order valence-electron chi connectivity index (χ3n) is 5.20. The van der Waals surface area contributed by atoms with Gasteiger partial charge < -0.3 is 14.8 Å². The number of carbonyl (C=O) groups excluding carboxylic acids is 1. The fourth-order valence-electron chi connectivity index (χ4n) is 3.42. The van der Waals surface area contributed by atoms with Crippen LogP contribution < -0.4 is 19.5 Å². The summed E-state index contributed by atoms with van der Waals surface area (Å²) in [6.45, 7) is 4.66. The van der Waals surface area contributed by atoms with Crippen LogP contribution in [0.1, 0.15) is 34.5 Å². The molecule has 2 N–H and O–H groups in total. The van der Waals surface area contributed by atoms with Gasteiger partial charge in [0.1, 0.15) is 13.2 Å². The van der Waals surface area contributed by atoms with Crippen molar-refractivity contribution >= 4 is 21.6 Å². The van der Waals surface area contributed by atoms with E-state index in [0.29, 0.717) is 41.5 Å². The van der Waals surface area contributed by atoms with Gasteiger partial charge >= 0.3 is 0 Å². The molecule has 166 valence electrons. The highest BCUT2D eigenvalue weighted by Crippen LogP contribution is 2.32. The number of aryl methyl sites for hydroxylation is 1. The van der Waals surface area contributed by atoms with Crippen molar-refractivity contribution in [1.82, 2.24) is 5.32 Å². The molecule has 1 atom stereocenters. The highest BCUT2D eigenvalue weighted by molar-refractivity contribution is 7.92. The summed E-state index contributed by atoms with van der Waals surface area (Å²) in [5.41, 5.74) is 2.40. The Labute approximate surface area is 187 Å². The van der Waals surface area contributed by atoms with Crippen LogP contribution in [-0.4, -0.2) is 27.5 Å². The van der Waals surface area contributed by atoms with Gasteiger partial charge in [-0.3, -0.25) is 9.52 Å². The molecule has 0 fully saturated rings. The zero-order valence-electron chi connectivity index (χ0n) is 17.8. The van der Waals surface area contributed by atoms with Crippen LogP contribution in [0.4, 0.5) is 5.69 Å². The lowest BCUT2D eigenvalue weighted by atomic mass is 10.1. The van der Waals surface area contributed by atoms with E-state index in [9.17, 15) is 13.2 Å². The second-order valence-electron chi connectivity index (χ2n) is 7.55. The Kier molecular flexibility index (Phi) is 6.05. The van der Waals surface area contributed by atoms with Crippen molar-refractivity contribution in [2.75, 3.05) is 17.9 Å². The number of hydrogen-bond donors (Lipinski definition) is 2. The normalized spacial score (nSPS) is 13.8. The van der Waals surface area contributed by atoms with E-state index in [4.69, 9.17) is 9.47 Å². The number of ether oxygens (including phenoxy) is 2. The number of fused-ring (bicyclic) bond motifs is 1. The van der Waals surface area contributed by atoms with Gasteiger partial charge in [-0.05, 0) is 67.4 Å². The van der Waals surface area contributed by atoms with E-state index in [-0.39, 0.29) is 16.8 Å². The molecule has 1 aliphatic heterocycles. The standard InChI is InChI=1S/C24H24N2O5S/c1-16-14-19(8-10-21(16)26-32(28,29)20-6-4-3-5-7-20)24(27)25-17(2)18-9-11-22-23(15-18)31-13-12-30-22/h3-11,14-15,17,26H,12-13H2,1-2H3,(H,25,27)/t17-/m0/s1. The molecule has 0 aliphatic carbocycles. The molecule has 32 heavy (non-hydrogen) atoms. The molecular formula is C24H24N2O5S. The number of sulfonamides is 1. The van der Waals surface area contributed by atoms with Crippen LogP contribution in [0.15, 0.2) is 71.6 Å². The molecule has 0 unspecified atom stereocenters. The number of anilines is 1. The lowest BCUT2D eigenvalue weighted by Crippen LogP contribution is -2.27. The Morgan fingerprint density at radius 3 is 2.38 bits per heavy atom. The molecular weight excluding hydrogens is 428 g/mol. The smallest absolute Gasteiger partial charge is 0.261 e. The molecule has 1 aliphatic rings. The van der Waals surface area contributed by atoms with E-state index in [1.165, 1.54) is 12.1 Å². The molecule has 4 rings (SSSR count). The second-order valence-corrected chi connectivity index (χ2v) is 9.23. The quantitative estimate of drug-likeness (QED) is 0.588. The summed E-state index contributed by atoms with van der Waals surface area (Å²) in [7, 11) is -3.70. The van der Waals surface area contributed by atoms with Crippen molar-refractivity contribution in [2.24, 2.45) is 0 Å². The lowest BCUT2D eigenvalue weighted by molar-refractivity contribution is 0.0939. The number of carbonyl (C=O) groups is 1. The van der Waals surface area contributed by atoms with Crippen LogP contribution in [0.2, 0.25) is 0 Å². The zero-order chi connectivity index (χ0) is 22.7. The fourth-order valence-corrected chi connectivity index (χ4v) is 4.57. The van der Waals surface area contributed by atoms with Crippen molar-refractivity contribution in [3.8, 4) is 11.5 Å². The highest BCUT2D eigenvalue weighted by Gasteiger charge is 2.18. The van der Waals surface area contributed by atoms with Gasteiger partial charge in [-0.2, -0.15) is 0 Å². The molecule has 0 spiro atoms. The van der Waals surface area contributed by atoms with Crippen molar-refractivity contribution < 1.29 is 22.7 Å². The number of rotatable bonds is 6. The predicted molar refractivity (Wildman–Crippen MR) is 122 cm³/mol. The molecule has 7 nitrogen and oxygen atoms in total. The molecule has 0 aromatic heterocycles. The summed E-state index contributed by atoms with van der Waals surface area (Å²) in [6.07, 6.45) is 0. The first-order valence-electron chi connectivity index (χ1n) is 10.2. The average Bonchev–Trinajstić information content (AvgIpc) is 2.80. The topological polar surface area (TPSA) is 93.7 Å². The van der Waals surface area contributed by atoms with E-state index in [1.54, 1.807) is 43.3 Å². The number of hydrogen-bond acceptors (Lipinski definition) is 5. The summed E-state index contributed by atoms with van der Waals surface area (Å²) in [6, 6.07) is 18.3. The molecule has 0 bridgehead atoms. The molecule has 3 aromatic carbocycles. The fraction of sp³-hybridized carbons (Fsp3) is 0.208. The van der Waals surface area contributed by atoms with Gasteiger partial charge in [-0.25, -0.2) is 8.42 Å². The molecule has 1 heterocycles. The maximum absolute atomic E-state index is 12.8. The maximum Gasteiger partial charge on any atom is 0.261 e. The van der Waals surface area contributed by atoms with Crippen LogP contribution in [0, 0.1) is 6.92 Å². The molecule has 0 saturated carbocycles. The number of benzene rings is 3. The SMILES string of the molecule is Cc1cc(C(=O)N[C@@H](C)c2ccc3c(c2)OCCO3)ccc1NS(=O)(=O)c1ccccc1. The summed E-state index contributed by atoms with van der Waals surface area (Å²) in [5, 5.41) is 2.97. The average molecular weight is 453 g/mol. The minimum atomic E-state index is -3.70. The molecule has 0 radical (unpaired) electrons. The summed E-state index contributed by atoms with van der Waals surface area (Å²) in [5.74, 6) is 1.11. The third kappa shape index (κ3) is 4.70. The van der Waals surface area contributed by atoms with Crippen LogP contribution in [-0.2, 0) is 10.0 Å². The maximum atomic E-state index is 12.8. The minimum Gasteiger partial charge on any atom is -0.486 e. The third-order valence-corrected chi connectivity index (χ3v) is 6.58. The van der Waals surface area contributed by atoms with E-state index in [0.717, 1.165) is 5.56 Å². The van der Waals surface area contributed by atoms with Crippen molar-refractivity contribution in [1.29, 1.82) is 0 Å². The van der Waals surface area contributed by atoms with Gasteiger partial charge in [0.15, 0.2) is 11.5 Å². The van der Waals surface area contributed by atoms with Crippen molar-refractivity contribution in [3.05, 3.63) is 83.4 Å². The highest BCUT2D eigenvalue weighted by atomic mass is 32.2. The van der Waals surface area contributed by atoms with Gasteiger partial charge in [0.25, 0.3) is 15.9 Å². The van der Waals surface area contributed by atoms with E-state index >= 15 is 0 Å². The Hall–Kier alpha value is -3.52. The minimum absolute atomic E-state index is 0.175. The Balaban J connectivity index is 1.46. The predicted octanol–water partition coefficient (Wildman–Crippen LogP) is 4.06. The first-order chi connectivity index (χ1) is 15.3. The van der Waals surface area contributed by atoms with Crippen LogP contribution in [0.25, 0.3) is 0 Å². The van der Waals surface area contributed by atoms with Gasteiger partial charge in [0.2, 0.25) is 0 Å². The van der Waals surface area contributed by atoms with E-state index in [1.807, 2.05) is 25.1 Å². The zero-order valence-corrected chi connectivity index (χ0v) is 18.6. The number of nitrogens with one attached hydrogen (secondary N) is 2. The Morgan fingerprint density at radius 1 is 0.938 bits per heavy atom. The molecule has 1 amide bonds. The number of amides is 1. The lowest BCUT2D eigenvalue weighted by Gasteiger charge is -2.21. The van der Waals surface area contributed by atoms with Gasteiger partial charge in [-0.1, -0.05) is 24.3 Å². The Bertz CT molecular complexity index is 1240. The second kappa shape index (κ2) is 8.92. The monoisotopic (exact) mass is 452 g/mol. The van der Waals surface area contributed by atoms with Gasteiger partial charge in [-0.15, -0.1) is 0 Å². The van der Waals surface area contributed by atoms with Crippen molar-refractivity contribution in [3.63, 3.8) is 0 Å². The first kappa shape index (κ1) is 21.7. The largest absolute Gasteiger partial charge is 0.486 e. The van der Waals surface area contributed by atoms with Gasteiger partial charge in [0.05, 0.1) is 16.6 Å². The van der Waals surface area contributed by atoms with E-state index < -0.39 is 10.0 Å². The van der Waals surface area contributed by atoms with Crippen LogP contribution >= 0.6 is 0 Å². The van der Waals surface area contributed by atoms with E-state index in [2.05, 4.69) is 10.0 Å². The summed E-state index contributed by atoms with van der Waals surface area (Å²) in [4.78, 5) is 13.0. The summed E-state index contributed by atoms with van der Waals surface area (Å²) >= 11 is 0. The van der Waals surface area contributed by atoms with Crippen molar-refractivity contribution in [2.45, 2.75) is 24.8 Å². The molecule has 0 saturated heterocycles. The van der Waals surface area contributed by atoms with Gasteiger partial charge in [0, 0.05) is 5.56 Å².